The van der Waals surface area contributed by atoms with E-state index in [9.17, 15) is 35.5 Å². The molecule has 4 nitrogen and oxygen atoms in total. The first-order chi connectivity index (χ1) is 14.7. The third kappa shape index (κ3) is 4.49. The Morgan fingerprint density at radius 3 is 1.94 bits per heavy atom. The molecule has 32 heavy (non-hydrogen) atoms. The minimum atomic E-state index is -6.24. The quantitative estimate of drug-likeness (QED) is 0.525. The van der Waals surface area contributed by atoms with Gasteiger partial charge in [0.1, 0.15) is 6.07 Å². The lowest BCUT2D eigenvalue weighted by Crippen LogP contribution is -2.50. The van der Waals surface area contributed by atoms with Crippen molar-refractivity contribution in [3.63, 3.8) is 0 Å². The van der Waals surface area contributed by atoms with E-state index in [-0.39, 0.29) is 27.9 Å². The molecule has 11 heteroatoms. The number of nitriles is 1. The number of halogens is 7. The summed E-state index contributed by atoms with van der Waals surface area (Å²) in [6.45, 7) is 4.54. The molecular formula is C21H18F7N3O. The van der Waals surface area contributed by atoms with Gasteiger partial charge in [-0.2, -0.15) is 31.6 Å². The lowest BCUT2D eigenvalue weighted by atomic mass is 9.90. The second kappa shape index (κ2) is 8.68. The Hall–Kier alpha value is -3.29. The Morgan fingerprint density at radius 2 is 1.50 bits per heavy atom. The highest BCUT2D eigenvalue weighted by molar-refractivity contribution is 6.05. The number of nitrogens with zero attached hydrogens (tertiary/aromatic N) is 1. The maximum Gasteiger partial charge on any atom is 0.435 e. The standard InChI is InChI=1S/C21H18F7N3O/c1-4-30-16-9-13(5-6-14(16)10-29)18(32)31-17-11(2)7-15(8-12(17)3)19(22,20(23,24)25)21(26,27)28/h5-9,30H,4H2,1-3H3,(H,31,32). The SMILES string of the molecule is CCNc1cc(C(=O)Nc2c(C)cc(C(F)(C(F)(F)F)C(F)(F)F)cc2C)ccc1C#N. The van der Waals surface area contributed by atoms with Crippen LogP contribution in [0.4, 0.5) is 42.1 Å². The summed E-state index contributed by atoms with van der Waals surface area (Å²) in [5.74, 6) is -0.717. The van der Waals surface area contributed by atoms with Crippen molar-refractivity contribution < 1.29 is 35.5 Å². The molecule has 0 atom stereocenters. The van der Waals surface area contributed by atoms with Crippen LogP contribution in [0.1, 0.15) is 39.5 Å². The van der Waals surface area contributed by atoms with Crippen LogP contribution >= 0.6 is 0 Å². The highest BCUT2D eigenvalue weighted by Crippen LogP contribution is 2.53. The monoisotopic (exact) mass is 461 g/mol. The van der Waals surface area contributed by atoms with E-state index in [2.05, 4.69) is 10.6 Å². The lowest BCUT2D eigenvalue weighted by molar-refractivity contribution is -0.348. The molecule has 0 aliphatic heterocycles. The number of anilines is 2. The summed E-state index contributed by atoms with van der Waals surface area (Å²) in [5.41, 5.74) is -6.88. The van der Waals surface area contributed by atoms with Crippen molar-refractivity contribution in [2.45, 2.75) is 38.8 Å². The van der Waals surface area contributed by atoms with Crippen LogP contribution in [0, 0.1) is 25.2 Å². The van der Waals surface area contributed by atoms with E-state index in [1.165, 1.54) is 18.2 Å². The van der Waals surface area contributed by atoms with E-state index in [1.807, 2.05) is 6.07 Å². The van der Waals surface area contributed by atoms with Crippen molar-refractivity contribution in [2.24, 2.45) is 0 Å². The van der Waals surface area contributed by atoms with Crippen LogP contribution in [0.3, 0.4) is 0 Å². The number of carbonyl (C=O) groups is 1. The first-order valence-corrected chi connectivity index (χ1v) is 9.20. The number of hydrogen-bond acceptors (Lipinski definition) is 3. The molecule has 0 bridgehead atoms. The van der Waals surface area contributed by atoms with Crippen LogP contribution in [-0.2, 0) is 5.67 Å². The molecular weight excluding hydrogens is 443 g/mol. The lowest BCUT2D eigenvalue weighted by Gasteiger charge is -2.31. The second-order valence-corrected chi connectivity index (χ2v) is 7.00. The van der Waals surface area contributed by atoms with Gasteiger partial charge in [0.15, 0.2) is 0 Å². The third-order valence-electron chi connectivity index (χ3n) is 4.72. The van der Waals surface area contributed by atoms with E-state index < -0.39 is 29.5 Å². The molecule has 0 spiro atoms. The van der Waals surface area contributed by atoms with E-state index >= 15 is 0 Å². The van der Waals surface area contributed by atoms with Gasteiger partial charge in [-0.25, -0.2) is 4.39 Å². The molecule has 2 rings (SSSR count). The summed E-state index contributed by atoms with van der Waals surface area (Å²) >= 11 is 0. The molecule has 0 fully saturated rings. The summed E-state index contributed by atoms with van der Waals surface area (Å²) in [6, 6.07) is 6.88. The second-order valence-electron chi connectivity index (χ2n) is 7.00. The highest BCUT2D eigenvalue weighted by atomic mass is 19.4. The van der Waals surface area contributed by atoms with E-state index in [4.69, 9.17) is 5.26 Å². The molecule has 172 valence electrons. The average molecular weight is 461 g/mol. The van der Waals surface area contributed by atoms with Crippen molar-refractivity contribution in [3.05, 3.63) is 58.1 Å². The van der Waals surface area contributed by atoms with Crippen LogP contribution in [0.25, 0.3) is 0 Å². The largest absolute Gasteiger partial charge is 0.435 e. The Balaban J connectivity index is 2.47. The third-order valence-corrected chi connectivity index (χ3v) is 4.72. The summed E-state index contributed by atoms with van der Waals surface area (Å²) in [6.07, 6.45) is -12.5. The summed E-state index contributed by atoms with van der Waals surface area (Å²) in [5, 5.41) is 14.4. The fourth-order valence-corrected chi connectivity index (χ4v) is 3.15. The minimum absolute atomic E-state index is 0.0557. The molecule has 0 saturated carbocycles. The Kier molecular flexibility index (Phi) is 6.78. The van der Waals surface area contributed by atoms with Gasteiger partial charge in [-0.3, -0.25) is 4.79 Å². The molecule has 0 aromatic heterocycles. The maximum atomic E-state index is 14.4. The first-order valence-electron chi connectivity index (χ1n) is 9.20. The average Bonchev–Trinajstić information content (AvgIpc) is 2.68. The molecule has 0 heterocycles. The van der Waals surface area contributed by atoms with Crippen LogP contribution < -0.4 is 10.6 Å². The molecule has 0 aliphatic carbocycles. The van der Waals surface area contributed by atoms with E-state index in [0.29, 0.717) is 24.4 Å². The van der Waals surface area contributed by atoms with Crippen LogP contribution in [-0.4, -0.2) is 24.8 Å². The zero-order valence-corrected chi connectivity index (χ0v) is 17.1. The van der Waals surface area contributed by atoms with E-state index in [0.717, 1.165) is 13.8 Å². The number of benzene rings is 2. The Bertz CT molecular complexity index is 1030. The summed E-state index contributed by atoms with van der Waals surface area (Å²) in [4.78, 5) is 12.6. The van der Waals surface area contributed by atoms with Crippen LogP contribution in [0.2, 0.25) is 0 Å². The summed E-state index contributed by atoms with van der Waals surface area (Å²) in [7, 11) is 0. The first kappa shape index (κ1) is 25.0. The van der Waals surface area contributed by atoms with Gasteiger partial charge < -0.3 is 10.6 Å². The van der Waals surface area contributed by atoms with Gasteiger partial charge in [-0.05, 0) is 50.1 Å². The molecule has 2 N–H and O–H groups in total. The number of aryl methyl sites for hydroxylation is 2. The zero-order valence-electron chi connectivity index (χ0n) is 17.1. The summed E-state index contributed by atoms with van der Waals surface area (Å²) < 4.78 is 92.7. The fraction of sp³-hybridized carbons (Fsp3) is 0.333. The zero-order chi connectivity index (χ0) is 24.5. The predicted molar refractivity (Wildman–Crippen MR) is 104 cm³/mol. The number of carbonyl (C=O) groups excluding carboxylic acids is 1. The van der Waals surface area contributed by atoms with E-state index in [1.54, 1.807) is 6.92 Å². The van der Waals surface area contributed by atoms with Gasteiger partial charge in [0.2, 0.25) is 0 Å². The van der Waals surface area contributed by atoms with Crippen LogP contribution in [0.15, 0.2) is 30.3 Å². The highest BCUT2D eigenvalue weighted by Gasteiger charge is 2.73. The fourth-order valence-electron chi connectivity index (χ4n) is 3.15. The molecule has 2 aromatic rings. The number of hydrogen-bond donors (Lipinski definition) is 2. The normalized spacial score (nSPS) is 12.3. The number of nitrogens with one attached hydrogen (secondary N) is 2. The molecule has 0 aliphatic rings. The molecule has 0 unspecified atom stereocenters. The molecule has 0 saturated heterocycles. The Morgan fingerprint density at radius 1 is 0.969 bits per heavy atom. The van der Waals surface area contributed by atoms with Crippen molar-refractivity contribution in [2.75, 3.05) is 17.2 Å². The number of rotatable bonds is 5. The minimum Gasteiger partial charge on any atom is -0.384 e. The number of alkyl halides is 7. The topological polar surface area (TPSA) is 64.9 Å². The molecule has 2 aromatic carbocycles. The smallest absolute Gasteiger partial charge is 0.384 e. The van der Waals surface area contributed by atoms with Gasteiger partial charge >= 0.3 is 18.0 Å². The molecule has 1 amide bonds. The predicted octanol–water partition coefficient (Wildman–Crippen LogP) is 6.15. The van der Waals surface area contributed by atoms with Crippen molar-refractivity contribution in [3.8, 4) is 6.07 Å². The molecule has 0 radical (unpaired) electrons. The van der Waals surface area contributed by atoms with Gasteiger partial charge in [0.05, 0.1) is 11.3 Å². The maximum absolute atomic E-state index is 14.4. The van der Waals surface area contributed by atoms with Crippen molar-refractivity contribution >= 4 is 17.3 Å². The van der Waals surface area contributed by atoms with Gasteiger partial charge in [0, 0.05) is 23.4 Å². The van der Waals surface area contributed by atoms with Crippen molar-refractivity contribution in [1.82, 2.24) is 0 Å². The van der Waals surface area contributed by atoms with Gasteiger partial charge in [-0.15, -0.1) is 0 Å². The van der Waals surface area contributed by atoms with Crippen molar-refractivity contribution in [1.29, 1.82) is 5.26 Å². The Labute approximate surface area is 179 Å². The van der Waals surface area contributed by atoms with Gasteiger partial charge in [-0.1, -0.05) is 12.1 Å². The van der Waals surface area contributed by atoms with Gasteiger partial charge in [0.25, 0.3) is 5.91 Å². The number of amides is 1. The van der Waals surface area contributed by atoms with Crippen LogP contribution in [0.5, 0.6) is 0 Å².